The first-order chi connectivity index (χ1) is 7.77. The Labute approximate surface area is 105 Å². The summed E-state index contributed by atoms with van der Waals surface area (Å²) in [7, 11) is 0. The predicted octanol–water partition coefficient (Wildman–Crippen LogP) is 4.05. The summed E-state index contributed by atoms with van der Waals surface area (Å²) in [5.74, 6) is 0. The van der Waals surface area contributed by atoms with Crippen molar-refractivity contribution in [3.63, 3.8) is 0 Å². The Balaban J connectivity index is 1.96. The van der Waals surface area contributed by atoms with Crippen LogP contribution in [-0.4, -0.2) is 12.9 Å². The summed E-state index contributed by atoms with van der Waals surface area (Å²) >= 11 is 3.54. The van der Waals surface area contributed by atoms with Crippen LogP contribution in [0.5, 0.6) is 0 Å². The van der Waals surface area contributed by atoms with Crippen LogP contribution < -0.4 is 0 Å². The Kier molecular flexibility index (Phi) is 4.38. The minimum atomic E-state index is -0.0316. The van der Waals surface area contributed by atoms with E-state index in [1.54, 1.807) is 0 Å². The highest BCUT2D eigenvalue weighted by molar-refractivity contribution is 9.10. The van der Waals surface area contributed by atoms with Crippen LogP contribution in [0.4, 0.5) is 0 Å². The minimum Gasteiger partial charge on any atom is -0.353 e. The standard InChI is InChI=1S/C13H17BrO2/c1-10(11-6-2-3-7-12(11)14)16-13-8-4-5-9-15-13/h2-3,6-7,10,13H,4-5,8-9H2,1H3. The van der Waals surface area contributed by atoms with Gasteiger partial charge in [-0.15, -0.1) is 0 Å². The predicted molar refractivity (Wildman–Crippen MR) is 67.2 cm³/mol. The Hall–Kier alpha value is -0.380. The topological polar surface area (TPSA) is 18.5 Å². The average Bonchev–Trinajstić information content (AvgIpc) is 2.31. The number of halogens is 1. The zero-order valence-electron chi connectivity index (χ0n) is 9.49. The van der Waals surface area contributed by atoms with Gasteiger partial charge >= 0.3 is 0 Å². The molecule has 16 heavy (non-hydrogen) atoms. The van der Waals surface area contributed by atoms with Crippen molar-refractivity contribution in [2.45, 2.75) is 38.6 Å². The lowest BCUT2D eigenvalue weighted by Crippen LogP contribution is -2.23. The smallest absolute Gasteiger partial charge is 0.158 e. The van der Waals surface area contributed by atoms with Crippen molar-refractivity contribution in [2.24, 2.45) is 0 Å². The largest absolute Gasteiger partial charge is 0.353 e. The van der Waals surface area contributed by atoms with E-state index in [0.717, 1.165) is 23.9 Å². The van der Waals surface area contributed by atoms with Crippen LogP contribution in [-0.2, 0) is 9.47 Å². The third kappa shape index (κ3) is 3.06. The number of benzene rings is 1. The Morgan fingerprint density at radius 2 is 2.19 bits per heavy atom. The van der Waals surface area contributed by atoms with E-state index in [1.807, 2.05) is 18.2 Å². The van der Waals surface area contributed by atoms with E-state index in [2.05, 4.69) is 28.9 Å². The molecule has 2 atom stereocenters. The Morgan fingerprint density at radius 1 is 1.38 bits per heavy atom. The molecule has 0 amide bonds. The van der Waals surface area contributed by atoms with Gasteiger partial charge < -0.3 is 9.47 Å². The molecule has 2 nitrogen and oxygen atoms in total. The Morgan fingerprint density at radius 3 is 2.88 bits per heavy atom. The lowest BCUT2D eigenvalue weighted by atomic mass is 10.1. The van der Waals surface area contributed by atoms with Crippen molar-refractivity contribution in [1.29, 1.82) is 0 Å². The zero-order chi connectivity index (χ0) is 11.4. The van der Waals surface area contributed by atoms with E-state index in [0.29, 0.717) is 0 Å². The van der Waals surface area contributed by atoms with Crippen LogP contribution in [0.15, 0.2) is 28.7 Å². The average molecular weight is 285 g/mol. The Bertz CT molecular complexity index is 334. The van der Waals surface area contributed by atoms with E-state index in [-0.39, 0.29) is 12.4 Å². The van der Waals surface area contributed by atoms with Gasteiger partial charge in [0.2, 0.25) is 0 Å². The zero-order valence-corrected chi connectivity index (χ0v) is 11.1. The first kappa shape index (κ1) is 12.1. The van der Waals surface area contributed by atoms with Crippen molar-refractivity contribution >= 4 is 15.9 Å². The monoisotopic (exact) mass is 284 g/mol. The molecule has 2 rings (SSSR count). The van der Waals surface area contributed by atoms with Gasteiger partial charge in [-0.05, 0) is 37.8 Å². The molecule has 1 fully saturated rings. The van der Waals surface area contributed by atoms with Gasteiger partial charge in [-0.1, -0.05) is 34.1 Å². The number of hydrogen-bond donors (Lipinski definition) is 0. The molecule has 0 radical (unpaired) electrons. The van der Waals surface area contributed by atoms with Crippen molar-refractivity contribution in [3.8, 4) is 0 Å². The van der Waals surface area contributed by atoms with E-state index in [1.165, 1.54) is 12.0 Å². The third-order valence-electron chi connectivity index (χ3n) is 2.84. The van der Waals surface area contributed by atoms with Gasteiger partial charge in [-0.3, -0.25) is 0 Å². The molecular formula is C13H17BrO2. The summed E-state index contributed by atoms with van der Waals surface area (Å²) in [6.07, 6.45) is 3.40. The number of hydrogen-bond acceptors (Lipinski definition) is 2. The van der Waals surface area contributed by atoms with Gasteiger partial charge in [0.15, 0.2) is 6.29 Å². The molecule has 1 aliphatic heterocycles. The molecule has 0 aliphatic carbocycles. The molecule has 1 aliphatic rings. The molecule has 0 saturated carbocycles. The molecule has 0 bridgehead atoms. The highest BCUT2D eigenvalue weighted by Crippen LogP contribution is 2.28. The van der Waals surface area contributed by atoms with Crippen LogP contribution in [0.25, 0.3) is 0 Å². The second-order valence-electron chi connectivity index (χ2n) is 4.10. The van der Waals surface area contributed by atoms with Crippen molar-refractivity contribution in [1.82, 2.24) is 0 Å². The van der Waals surface area contributed by atoms with E-state index in [4.69, 9.17) is 9.47 Å². The second-order valence-corrected chi connectivity index (χ2v) is 4.95. The summed E-state index contributed by atoms with van der Waals surface area (Å²) in [6, 6.07) is 8.16. The van der Waals surface area contributed by atoms with Crippen molar-refractivity contribution < 1.29 is 9.47 Å². The number of ether oxygens (including phenoxy) is 2. The van der Waals surface area contributed by atoms with Crippen LogP contribution in [0.1, 0.15) is 37.9 Å². The fraction of sp³-hybridized carbons (Fsp3) is 0.538. The third-order valence-corrected chi connectivity index (χ3v) is 3.56. The van der Waals surface area contributed by atoms with E-state index < -0.39 is 0 Å². The van der Waals surface area contributed by atoms with Crippen LogP contribution >= 0.6 is 15.9 Å². The summed E-state index contributed by atoms with van der Waals surface area (Å²) in [5, 5.41) is 0. The molecule has 0 spiro atoms. The summed E-state index contributed by atoms with van der Waals surface area (Å²) in [5.41, 5.74) is 1.18. The fourth-order valence-corrected chi connectivity index (χ4v) is 2.53. The van der Waals surface area contributed by atoms with Crippen molar-refractivity contribution in [2.75, 3.05) is 6.61 Å². The van der Waals surface area contributed by atoms with Crippen LogP contribution in [0.2, 0.25) is 0 Å². The molecule has 88 valence electrons. The van der Waals surface area contributed by atoms with Crippen LogP contribution in [0.3, 0.4) is 0 Å². The summed E-state index contributed by atoms with van der Waals surface area (Å²) in [6.45, 7) is 2.89. The molecule has 3 heteroatoms. The minimum absolute atomic E-state index is 0.0316. The normalized spacial score (nSPS) is 23.0. The van der Waals surface area contributed by atoms with Gasteiger partial charge in [0.05, 0.1) is 6.10 Å². The second kappa shape index (κ2) is 5.80. The fourth-order valence-electron chi connectivity index (χ4n) is 1.92. The maximum absolute atomic E-state index is 5.91. The summed E-state index contributed by atoms with van der Waals surface area (Å²) < 4.78 is 12.6. The molecule has 0 aromatic heterocycles. The van der Waals surface area contributed by atoms with Crippen LogP contribution in [0, 0.1) is 0 Å². The molecule has 0 N–H and O–H groups in total. The molecule has 1 heterocycles. The van der Waals surface area contributed by atoms with E-state index in [9.17, 15) is 0 Å². The van der Waals surface area contributed by atoms with Gasteiger partial charge in [-0.25, -0.2) is 0 Å². The first-order valence-electron chi connectivity index (χ1n) is 5.79. The van der Waals surface area contributed by atoms with Gasteiger partial charge in [0.25, 0.3) is 0 Å². The molecule has 1 aromatic carbocycles. The van der Waals surface area contributed by atoms with Gasteiger partial charge in [0.1, 0.15) is 0 Å². The molecule has 2 unspecified atom stereocenters. The van der Waals surface area contributed by atoms with Gasteiger partial charge in [0, 0.05) is 11.1 Å². The molecule has 1 saturated heterocycles. The number of rotatable bonds is 3. The maximum Gasteiger partial charge on any atom is 0.158 e. The molecular weight excluding hydrogens is 268 g/mol. The lowest BCUT2D eigenvalue weighted by molar-refractivity contribution is -0.186. The van der Waals surface area contributed by atoms with Gasteiger partial charge in [-0.2, -0.15) is 0 Å². The molecule has 1 aromatic rings. The van der Waals surface area contributed by atoms with E-state index >= 15 is 0 Å². The lowest BCUT2D eigenvalue weighted by Gasteiger charge is -2.26. The highest BCUT2D eigenvalue weighted by Gasteiger charge is 2.19. The van der Waals surface area contributed by atoms with Crippen molar-refractivity contribution in [3.05, 3.63) is 34.3 Å². The quantitative estimate of drug-likeness (QED) is 0.834. The maximum atomic E-state index is 5.91. The SMILES string of the molecule is CC(OC1CCCCO1)c1ccccc1Br. The summed E-state index contributed by atoms with van der Waals surface area (Å²) in [4.78, 5) is 0. The first-order valence-corrected chi connectivity index (χ1v) is 6.58. The highest BCUT2D eigenvalue weighted by atomic mass is 79.9.